The van der Waals surface area contributed by atoms with Crippen LogP contribution >= 0.6 is 0 Å². The summed E-state index contributed by atoms with van der Waals surface area (Å²) in [5.41, 5.74) is 3.96. The number of benzene rings is 1. The molecular formula is C13H16N4O2. The van der Waals surface area contributed by atoms with Gasteiger partial charge in [0.25, 0.3) is 5.69 Å². The molecule has 0 radical (unpaired) electrons. The fourth-order valence-corrected chi connectivity index (χ4v) is 1.97. The molecule has 1 aromatic heterocycles. The minimum Gasteiger partial charge on any atom is -0.381 e. The number of hydrogen-bond acceptors (Lipinski definition) is 4. The Morgan fingerprint density at radius 3 is 2.68 bits per heavy atom. The van der Waals surface area contributed by atoms with Crippen LogP contribution in [0.2, 0.25) is 0 Å². The van der Waals surface area contributed by atoms with Gasteiger partial charge in [-0.3, -0.25) is 14.8 Å². The van der Waals surface area contributed by atoms with E-state index in [0.29, 0.717) is 6.54 Å². The van der Waals surface area contributed by atoms with Gasteiger partial charge in [0, 0.05) is 43.2 Å². The molecule has 2 rings (SSSR count). The van der Waals surface area contributed by atoms with Crippen molar-refractivity contribution in [1.82, 2.24) is 9.78 Å². The number of aryl methyl sites for hydroxylation is 3. The molecule has 0 saturated heterocycles. The first-order chi connectivity index (χ1) is 8.97. The van der Waals surface area contributed by atoms with Gasteiger partial charge in [-0.25, -0.2) is 0 Å². The van der Waals surface area contributed by atoms with Gasteiger partial charge in [0.05, 0.1) is 10.6 Å². The molecule has 1 heterocycles. The molecular weight excluding hydrogens is 244 g/mol. The average Bonchev–Trinajstić information content (AvgIpc) is 2.66. The molecule has 6 heteroatoms. The van der Waals surface area contributed by atoms with Crippen LogP contribution in [-0.2, 0) is 13.6 Å². The molecule has 0 fully saturated rings. The number of anilines is 1. The molecule has 2 aromatic rings. The standard InChI is InChI=1S/C13H16N4O2/c1-9-6-12(17(18)19)4-5-13(9)14-7-11-8-16(3)15-10(11)2/h4-6,8,14H,7H2,1-3H3. The monoisotopic (exact) mass is 260 g/mol. The van der Waals surface area contributed by atoms with Gasteiger partial charge in [-0.1, -0.05) is 0 Å². The Morgan fingerprint density at radius 1 is 1.42 bits per heavy atom. The minimum atomic E-state index is -0.387. The van der Waals surface area contributed by atoms with Gasteiger partial charge in [-0.2, -0.15) is 5.10 Å². The highest BCUT2D eigenvalue weighted by molar-refractivity contribution is 5.55. The quantitative estimate of drug-likeness (QED) is 0.677. The molecule has 0 aliphatic rings. The molecule has 0 atom stereocenters. The van der Waals surface area contributed by atoms with Crippen molar-refractivity contribution in [2.24, 2.45) is 7.05 Å². The fourth-order valence-electron chi connectivity index (χ4n) is 1.97. The zero-order valence-corrected chi connectivity index (χ0v) is 11.2. The summed E-state index contributed by atoms with van der Waals surface area (Å²) in [6.45, 7) is 4.46. The highest BCUT2D eigenvalue weighted by Gasteiger charge is 2.08. The summed E-state index contributed by atoms with van der Waals surface area (Å²) in [6, 6.07) is 4.81. The summed E-state index contributed by atoms with van der Waals surface area (Å²) in [4.78, 5) is 10.3. The van der Waals surface area contributed by atoms with Crippen LogP contribution in [0.4, 0.5) is 11.4 Å². The van der Waals surface area contributed by atoms with Crippen LogP contribution in [0.5, 0.6) is 0 Å². The smallest absolute Gasteiger partial charge is 0.269 e. The molecule has 6 nitrogen and oxygen atoms in total. The number of rotatable bonds is 4. The maximum Gasteiger partial charge on any atom is 0.269 e. The molecule has 100 valence electrons. The van der Waals surface area contributed by atoms with E-state index in [1.54, 1.807) is 16.8 Å². The molecule has 0 spiro atoms. The third-order valence-corrected chi connectivity index (χ3v) is 3.01. The van der Waals surface area contributed by atoms with Crippen LogP contribution in [0.3, 0.4) is 0 Å². The molecule has 0 saturated carbocycles. The first kappa shape index (κ1) is 13.1. The van der Waals surface area contributed by atoms with Crippen LogP contribution in [0.15, 0.2) is 24.4 Å². The normalized spacial score (nSPS) is 10.5. The second-order valence-electron chi connectivity index (χ2n) is 4.52. The number of hydrogen-bond donors (Lipinski definition) is 1. The number of nitro benzene ring substituents is 1. The summed E-state index contributed by atoms with van der Waals surface area (Å²) in [6.07, 6.45) is 1.96. The lowest BCUT2D eigenvalue weighted by Crippen LogP contribution is -2.02. The molecule has 1 N–H and O–H groups in total. The Kier molecular flexibility index (Phi) is 3.50. The Balaban J connectivity index is 2.12. The van der Waals surface area contributed by atoms with E-state index in [-0.39, 0.29) is 10.6 Å². The molecule has 0 unspecified atom stereocenters. The number of nitrogens with zero attached hydrogens (tertiary/aromatic N) is 3. The van der Waals surface area contributed by atoms with E-state index >= 15 is 0 Å². The fraction of sp³-hybridized carbons (Fsp3) is 0.308. The van der Waals surface area contributed by atoms with E-state index in [0.717, 1.165) is 22.5 Å². The van der Waals surface area contributed by atoms with Crippen molar-refractivity contribution in [2.75, 3.05) is 5.32 Å². The summed E-state index contributed by atoms with van der Waals surface area (Å²) < 4.78 is 1.77. The van der Waals surface area contributed by atoms with Crippen molar-refractivity contribution in [3.63, 3.8) is 0 Å². The van der Waals surface area contributed by atoms with Gasteiger partial charge in [0.15, 0.2) is 0 Å². The first-order valence-corrected chi connectivity index (χ1v) is 5.95. The van der Waals surface area contributed by atoms with Crippen LogP contribution in [0, 0.1) is 24.0 Å². The maximum absolute atomic E-state index is 10.7. The van der Waals surface area contributed by atoms with Crippen molar-refractivity contribution in [2.45, 2.75) is 20.4 Å². The highest BCUT2D eigenvalue weighted by atomic mass is 16.6. The average molecular weight is 260 g/mol. The van der Waals surface area contributed by atoms with Gasteiger partial charge in [-0.15, -0.1) is 0 Å². The lowest BCUT2D eigenvalue weighted by Gasteiger charge is -2.08. The van der Waals surface area contributed by atoms with Crippen molar-refractivity contribution in [3.8, 4) is 0 Å². The van der Waals surface area contributed by atoms with Crippen molar-refractivity contribution in [1.29, 1.82) is 0 Å². The van der Waals surface area contributed by atoms with Gasteiger partial charge >= 0.3 is 0 Å². The maximum atomic E-state index is 10.7. The molecule has 0 bridgehead atoms. The molecule has 0 aliphatic carbocycles. The van der Waals surface area contributed by atoms with E-state index in [2.05, 4.69) is 10.4 Å². The van der Waals surface area contributed by atoms with Crippen LogP contribution in [-0.4, -0.2) is 14.7 Å². The van der Waals surface area contributed by atoms with E-state index in [4.69, 9.17) is 0 Å². The van der Waals surface area contributed by atoms with Gasteiger partial charge in [-0.05, 0) is 25.5 Å². The number of aromatic nitrogens is 2. The predicted octanol–water partition coefficient (Wildman–Crippen LogP) is 2.56. The summed E-state index contributed by atoms with van der Waals surface area (Å²) in [7, 11) is 1.88. The number of non-ortho nitro benzene ring substituents is 1. The topological polar surface area (TPSA) is 73.0 Å². The molecule has 0 amide bonds. The summed E-state index contributed by atoms with van der Waals surface area (Å²) in [5.74, 6) is 0. The van der Waals surface area contributed by atoms with Crippen LogP contribution < -0.4 is 5.32 Å². The molecule has 19 heavy (non-hydrogen) atoms. The third-order valence-electron chi connectivity index (χ3n) is 3.01. The zero-order valence-electron chi connectivity index (χ0n) is 11.2. The van der Waals surface area contributed by atoms with E-state index < -0.39 is 0 Å². The zero-order chi connectivity index (χ0) is 14.0. The summed E-state index contributed by atoms with van der Waals surface area (Å²) >= 11 is 0. The summed E-state index contributed by atoms with van der Waals surface area (Å²) in [5, 5.41) is 18.2. The Morgan fingerprint density at radius 2 is 2.16 bits per heavy atom. The van der Waals surface area contributed by atoms with Gasteiger partial charge in [0.1, 0.15) is 0 Å². The van der Waals surface area contributed by atoms with Crippen molar-refractivity contribution >= 4 is 11.4 Å². The second-order valence-corrected chi connectivity index (χ2v) is 4.52. The molecule has 1 aromatic carbocycles. The number of nitrogens with one attached hydrogen (secondary N) is 1. The van der Waals surface area contributed by atoms with Crippen molar-refractivity contribution < 1.29 is 4.92 Å². The lowest BCUT2D eigenvalue weighted by atomic mass is 10.1. The van der Waals surface area contributed by atoms with E-state index in [1.807, 2.05) is 27.1 Å². The SMILES string of the molecule is Cc1cc([N+](=O)[O-])ccc1NCc1cn(C)nc1C. The highest BCUT2D eigenvalue weighted by Crippen LogP contribution is 2.21. The number of nitro groups is 1. The Labute approximate surface area is 111 Å². The minimum absolute atomic E-state index is 0.112. The van der Waals surface area contributed by atoms with Gasteiger partial charge < -0.3 is 5.32 Å². The second kappa shape index (κ2) is 5.09. The van der Waals surface area contributed by atoms with Crippen LogP contribution in [0.25, 0.3) is 0 Å². The first-order valence-electron chi connectivity index (χ1n) is 5.95. The van der Waals surface area contributed by atoms with Gasteiger partial charge in [0.2, 0.25) is 0 Å². The van der Waals surface area contributed by atoms with E-state index in [1.165, 1.54) is 6.07 Å². The predicted molar refractivity (Wildman–Crippen MR) is 73.1 cm³/mol. The third kappa shape index (κ3) is 2.90. The Bertz CT molecular complexity index is 619. The van der Waals surface area contributed by atoms with Crippen molar-refractivity contribution in [3.05, 3.63) is 51.3 Å². The lowest BCUT2D eigenvalue weighted by molar-refractivity contribution is -0.384. The largest absolute Gasteiger partial charge is 0.381 e. The van der Waals surface area contributed by atoms with E-state index in [9.17, 15) is 10.1 Å². The molecule has 0 aliphatic heterocycles. The Hall–Kier alpha value is -2.37. The van der Waals surface area contributed by atoms with Crippen LogP contribution in [0.1, 0.15) is 16.8 Å².